The van der Waals surface area contributed by atoms with E-state index in [0.29, 0.717) is 22.5 Å². The van der Waals surface area contributed by atoms with Crippen molar-refractivity contribution in [2.24, 2.45) is 7.05 Å². The number of aromatic nitrogens is 3. The van der Waals surface area contributed by atoms with E-state index in [2.05, 4.69) is 16.5 Å². The lowest BCUT2D eigenvalue weighted by atomic mass is 10.1. The molecule has 0 fully saturated rings. The molecule has 0 saturated carbocycles. The van der Waals surface area contributed by atoms with Gasteiger partial charge in [-0.1, -0.05) is 12.1 Å². The van der Waals surface area contributed by atoms with E-state index in [1.807, 2.05) is 31.5 Å². The summed E-state index contributed by atoms with van der Waals surface area (Å²) in [5.41, 5.74) is 3.71. The molecule has 1 N–H and O–H groups in total. The molecule has 3 aromatic heterocycles. The summed E-state index contributed by atoms with van der Waals surface area (Å²) in [5.74, 6) is -0.258. The van der Waals surface area contributed by atoms with Crippen LogP contribution in [-0.2, 0) is 7.05 Å². The average Bonchev–Trinajstić information content (AvgIpc) is 3.30. The minimum absolute atomic E-state index is 0.258. The van der Waals surface area contributed by atoms with Crippen LogP contribution in [0.25, 0.3) is 21.6 Å². The van der Waals surface area contributed by atoms with Crippen LogP contribution in [0.1, 0.15) is 21.6 Å². The highest BCUT2D eigenvalue weighted by atomic mass is 32.1. The Labute approximate surface area is 159 Å². The molecular formula is C20H15N5OS. The highest BCUT2D eigenvalue weighted by molar-refractivity contribution is 7.13. The van der Waals surface area contributed by atoms with Crippen molar-refractivity contribution in [1.82, 2.24) is 14.8 Å². The molecule has 6 nitrogen and oxygen atoms in total. The summed E-state index contributed by atoms with van der Waals surface area (Å²) in [6.07, 6.45) is 0. The van der Waals surface area contributed by atoms with E-state index < -0.39 is 0 Å². The first-order valence-corrected chi connectivity index (χ1v) is 9.14. The monoisotopic (exact) mass is 373 g/mol. The van der Waals surface area contributed by atoms with Gasteiger partial charge in [0.15, 0.2) is 5.65 Å². The number of hydrogen-bond donors (Lipinski definition) is 1. The van der Waals surface area contributed by atoms with Crippen molar-refractivity contribution in [2.45, 2.75) is 6.92 Å². The molecule has 0 aliphatic heterocycles. The van der Waals surface area contributed by atoms with Crippen LogP contribution in [-0.4, -0.2) is 20.7 Å². The Bertz CT molecular complexity index is 1200. The van der Waals surface area contributed by atoms with Crippen LogP contribution in [0.15, 0.2) is 47.8 Å². The summed E-state index contributed by atoms with van der Waals surface area (Å²) in [7, 11) is 1.82. The number of rotatable bonds is 3. The normalized spacial score (nSPS) is 10.7. The third-order valence-electron chi connectivity index (χ3n) is 4.24. The van der Waals surface area contributed by atoms with E-state index in [9.17, 15) is 4.79 Å². The molecule has 0 unspecified atom stereocenters. The van der Waals surface area contributed by atoms with Gasteiger partial charge in [-0.2, -0.15) is 10.4 Å². The minimum Gasteiger partial charge on any atom is -0.322 e. The molecule has 1 amide bonds. The molecule has 1 aromatic carbocycles. The van der Waals surface area contributed by atoms with Gasteiger partial charge in [-0.05, 0) is 42.6 Å². The second-order valence-electron chi connectivity index (χ2n) is 6.09. The van der Waals surface area contributed by atoms with E-state index in [1.165, 1.54) is 0 Å². The van der Waals surface area contributed by atoms with Crippen molar-refractivity contribution < 1.29 is 4.79 Å². The van der Waals surface area contributed by atoms with E-state index in [1.54, 1.807) is 46.4 Å². The van der Waals surface area contributed by atoms with Gasteiger partial charge in [0.05, 0.1) is 38.8 Å². The van der Waals surface area contributed by atoms with Gasteiger partial charge >= 0.3 is 0 Å². The molecule has 0 radical (unpaired) electrons. The molecule has 0 atom stereocenters. The van der Waals surface area contributed by atoms with Crippen LogP contribution in [0.3, 0.4) is 0 Å². The number of amides is 1. The lowest BCUT2D eigenvalue weighted by Crippen LogP contribution is -2.13. The predicted octanol–water partition coefficient (Wildman–Crippen LogP) is 4.13. The van der Waals surface area contributed by atoms with Crippen LogP contribution < -0.4 is 5.32 Å². The molecule has 27 heavy (non-hydrogen) atoms. The Kier molecular flexibility index (Phi) is 4.18. The van der Waals surface area contributed by atoms with Crippen molar-refractivity contribution in [3.63, 3.8) is 0 Å². The van der Waals surface area contributed by atoms with E-state index in [-0.39, 0.29) is 5.91 Å². The molecular weight excluding hydrogens is 358 g/mol. The van der Waals surface area contributed by atoms with Crippen LogP contribution >= 0.6 is 11.3 Å². The van der Waals surface area contributed by atoms with Crippen molar-refractivity contribution in [3.8, 4) is 16.6 Å². The zero-order valence-corrected chi connectivity index (χ0v) is 15.5. The molecule has 3 heterocycles. The Morgan fingerprint density at radius 1 is 1.26 bits per heavy atom. The molecule has 7 heteroatoms. The van der Waals surface area contributed by atoms with Crippen LogP contribution in [0.2, 0.25) is 0 Å². The Balaban J connectivity index is 1.84. The number of anilines is 1. The zero-order chi connectivity index (χ0) is 19.0. The number of benzene rings is 1. The molecule has 0 spiro atoms. The highest BCUT2D eigenvalue weighted by Gasteiger charge is 2.19. The minimum atomic E-state index is -0.258. The SMILES string of the molecule is Cc1nn(C)c2nc(-c3cccs3)cc(C(=O)Nc3cccc(C#N)c3)c12. The first-order valence-electron chi connectivity index (χ1n) is 8.26. The van der Waals surface area contributed by atoms with Gasteiger partial charge in [0, 0.05) is 12.7 Å². The Morgan fingerprint density at radius 3 is 2.85 bits per heavy atom. The van der Waals surface area contributed by atoms with Crippen molar-refractivity contribution in [1.29, 1.82) is 5.26 Å². The molecule has 0 aliphatic carbocycles. The number of nitrogens with zero attached hydrogens (tertiary/aromatic N) is 4. The molecule has 0 saturated heterocycles. The van der Waals surface area contributed by atoms with Gasteiger partial charge in [0.2, 0.25) is 0 Å². The summed E-state index contributed by atoms with van der Waals surface area (Å²) >= 11 is 1.57. The first-order chi connectivity index (χ1) is 13.1. The summed E-state index contributed by atoms with van der Waals surface area (Å²) < 4.78 is 1.69. The second kappa shape index (κ2) is 6.67. The molecule has 4 rings (SSSR count). The van der Waals surface area contributed by atoms with E-state index in [0.717, 1.165) is 21.7 Å². The van der Waals surface area contributed by atoms with Gasteiger partial charge in [-0.15, -0.1) is 11.3 Å². The zero-order valence-electron chi connectivity index (χ0n) is 14.7. The molecule has 0 bridgehead atoms. The number of nitrogens with one attached hydrogen (secondary N) is 1. The maximum atomic E-state index is 13.1. The fourth-order valence-electron chi connectivity index (χ4n) is 3.04. The standard InChI is InChI=1S/C20H15N5OS/c1-12-18-15(20(26)22-14-6-3-5-13(9-14)11-21)10-16(17-7-4-8-27-17)23-19(18)25(2)24-12/h3-10H,1-2H3,(H,22,26). The first kappa shape index (κ1) is 16.9. The van der Waals surface area contributed by atoms with E-state index in [4.69, 9.17) is 10.2 Å². The largest absolute Gasteiger partial charge is 0.322 e. The smallest absolute Gasteiger partial charge is 0.256 e. The van der Waals surface area contributed by atoms with Crippen molar-refractivity contribution >= 4 is 34.0 Å². The summed E-state index contributed by atoms with van der Waals surface area (Å²) in [6.45, 7) is 1.86. The molecule has 0 aliphatic rings. The number of thiophene rings is 1. The van der Waals surface area contributed by atoms with Gasteiger partial charge < -0.3 is 5.32 Å². The lowest BCUT2D eigenvalue weighted by molar-refractivity contribution is 0.102. The Morgan fingerprint density at radius 2 is 2.11 bits per heavy atom. The van der Waals surface area contributed by atoms with Crippen LogP contribution in [0, 0.1) is 18.3 Å². The number of fused-ring (bicyclic) bond motifs is 1. The topological polar surface area (TPSA) is 83.6 Å². The quantitative estimate of drug-likeness (QED) is 0.585. The highest BCUT2D eigenvalue weighted by Crippen LogP contribution is 2.29. The maximum Gasteiger partial charge on any atom is 0.256 e. The molecule has 4 aromatic rings. The van der Waals surface area contributed by atoms with Gasteiger partial charge in [-0.25, -0.2) is 4.98 Å². The third-order valence-corrected chi connectivity index (χ3v) is 5.13. The fourth-order valence-corrected chi connectivity index (χ4v) is 3.73. The predicted molar refractivity (Wildman–Crippen MR) is 106 cm³/mol. The number of carbonyl (C=O) groups is 1. The van der Waals surface area contributed by atoms with Crippen molar-refractivity contribution in [2.75, 3.05) is 5.32 Å². The van der Waals surface area contributed by atoms with Crippen LogP contribution in [0.4, 0.5) is 5.69 Å². The number of pyridine rings is 1. The maximum absolute atomic E-state index is 13.1. The number of hydrogen-bond acceptors (Lipinski definition) is 5. The number of nitriles is 1. The Hall–Kier alpha value is -3.50. The van der Waals surface area contributed by atoms with Crippen molar-refractivity contribution in [3.05, 3.63) is 64.7 Å². The van der Waals surface area contributed by atoms with Crippen LogP contribution in [0.5, 0.6) is 0 Å². The summed E-state index contributed by atoms with van der Waals surface area (Å²) in [4.78, 5) is 18.7. The average molecular weight is 373 g/mol. The number of aryl methyl sites for hydroxylation is 2. The fraction of sp³-hybridized carbons (Fsp3) is 0.100. The van der Waals surface area contributed by atoms with Gasteiger partial charge in [0.1, 0.15) is 0 Å². The third kappa shape index (κ3) is 3.07. The second-order valence-corrected chi connectivity index (χ2v) is 7.03. The lowest BCUT2D eigenvalue weighted by Gasteiger charge is -2.09. The van der Waals surface area contributed by atoms with Gasteiger partial charge in [-0.3, -0.25) is 9.48 Å². The summed E-state index contributed by atoms with van der Waals surface area (Å²) in [6, 6.07) is 14.6. The summed E-state index contributed by atoms with van der Waals surface area (Å²) in [5, 5.41) is 19.1. The molecule has 132 valence electrons. The van der Waals surface area contributed by atoms with Gasteiger partial charge in [0.25, 0.3) is 5.91 Å². The van der Waals surface area contributed by atoms with E-state index >= 15 is 0 Å². The number of carbonyl (C=O) groups excluding carboxylic acids is 1.